The first-order valence-corrected chi connectivity index (χ1v) is 17.2. The van der Waals surface area contributed by atoms with Crippen LogP contribution < -0.4 is 0 Å². The normalized spacial score (nSPS) is 11.9. The van der Waals surface area contributed by atoms with Gasteiger partial charge in [0.2, 0.25) is 0 Å². The van der Waals surface area contributed by atoms with Gasteiger partial charge in [-0.05, 0) is 62.9 Å². The van der Waals surface area contributed by atoms with Gasteiger partial charge in [0.1, 0.15) is 6.61 Å². The first-order chi connectivity index (χ1) is 14.9. The molecule has 8 nitrogen and oxygen atoms in total. The molecule has 0 aliphatic carbocycles. The molecule has 10 heteroatoms. The number of hydrogen-bond donors (Lipinski definition) is 2. The van der Waals surface area contributed by atoms with Gasteiger partial charge in [0.15, 0.2) is 16.6 Å². The molecule has 0 aliphatic heterocycles. The van der Waals surface area contributed by atoms with Gasteiger partial charge in [0, 0.05) is 6.61 Å². The van der Waals surface area contributed by atoms with Crippen molar-refractivity contribution < 1.29 is 38.2 Å². The second-order valence-electron chi connectivity index (χ2n) is 8.95. The Labute approximate surface area is 192 Å². The van der Waals surface area contributed by atoms with Crippen molar-refractivity contribution in [1.82, 2.24) is 0 Å². The van der Waals surface area contributed by atoms with E-state index >= 15 is 0 Å². The summed E-state index contributed by atoms with van der Waals surface area (Å²) in [5.41, 5.74) is -0.815. The average Bonchev–Trinajstić information content (AvgIpc) is 2.69. The molecule has 0 spiro atoms. The van der Waals surface area contributed by atoms with E-state index in [0.29, 0.717) is 6.61 Å². The molecule has 0 saturated heterocycles. The van der Waals surface area contributed by atoms with Gasteiger partial charge < -0.3 is 23.8 Å². The minimum atomic E-state index is -1.75. The number of carbonyl (C=O) groups is 3. The lowest BCUT2D eigenvalue weighted by molar-refractivity contribution is 0.0313. The van der Waals surface area contributed by atoms with E-state index in [-0.39, 0.29) is 24.3 Å². The monoisotopic (exact) mass is 484 g/mol. The number of carboxylic acids is 2. The van der Waals surface area contributed by atoms with Crippen molar-refractivity contribution >= 4 is 34.5 Å². The first-order valence-electron chi connectivity index (χ1n) is 10.9. The van der Waals surface area contributed by atoms with Gasteiger partial charge >= 0.3 is 17.9 Å². The molecule has 0 aromatic heterocycles. The summed E-state index contributed by atoms with van der Waals surface area (Å²) in [6.45, 7) is 12.0. The summed E-state index contributed by atoms with van der Waals surface area (Å²) in [6.07, 6.45) is 3.26. The zero-order valence-electron chi connectivity index (χ0n) is 19.7. The van der Waals surface area contributed by atoms with Crippen LogP contribution in [0.4, 0.5) is 0 Å². The fraction of sp³-hybridized carbons (Fsp3) is 0.591. The van der Waals surface area contributed by atoms with Crippen molar-refractivity contribution in [3.63, 3.8) is 0 Å². The van der Waals surface area contributed by atoms with Crippen LogP contribution in [0, 0.1) is 0 Å². The van der Waals surface area contributed by atoms with Gasteiger partial charge in [-0.1, -0.05) is 19.8 Å². The largest absolute Gasteiger partial charge is 0.478 e. The predicted octanol–water partition coefficient (Wildman–Crippen LogP) is 4.87. The van der Waals surface area contributed by atoms with Crippen molar-refractivity contribution in [2.75, 3.05) is 19.8 Å². The van der Waals surface area contributed by atoms with Gasteiger partial charge in [0.05, 0.1) is 23.3 Å². The van der Waals surface area contributed by atoms with E-state index in [1.54, 1.807) is 0 Å². The molecule has 0 heterocycles. The minimum Gasteiger partial charge on any atom is -0.478 e. The van der Waals surface area contributed by atoms with E-state index < -0.39 is 40.1 Å². The quantitative estimate of drug-likeness (QED) is 0.205. The number of unbranched alkanes of at least 4 members (excludes halogenated alkanes) is 1. The van der Waals surface area contributed by atoms with Crippen molar-refractivity contribution in [2.45, 2.75) is 64.5 Å². The number of benzene rings is 1. The molecule has 1 aromatic rings. The minimum absolute atomic E-state index is 0.0210. The van der Waals surface area contributed by atoms with E-state index in [4.69, 9.17) is 18.7 Å². The zero-order chi connectivity index (χ0) is 24.4. The second-order valence-corrected chi connectivity index (χ2v) is 17.8. The molecule has 0 unspecified atom stereocenters. The summed E-state index contributed by atoms with van der Waals surface area (Å²) in [5, 5.41) is 18.2. The van der Waals surface area contributed by atoms with Crippen LogP contribution in [0.3, 0.4) is 0 Å². The summed E-state index contributed by atoms with van der Waals surface area (Å²) in [7, 11) is -3.37. The number of ether oxygens (including phenoxy) is 2. The highest BCUT2D eigenvalue weighted by Crippen LogP contribution is 2.24. The molecule has 0 aliphatic rings. The molecule has 0 atom stereocenters. The number of carboxylic acid groups (broad SMARTS) is 2. The van der Waals surface area contributed by atoms with Crippen LogP contribution in [-0.4, -0.2) is 64.6 Å². The zero-order valence-corrected chi connectivity index (χ0v) is 21.7. The van der Waals surface area contributed by atoms with Crippen molar-refractivity contribution in [3.8, 4) is 0 Å². The topological polar surface area (TPSA) is 119 Å². The number of carbonyl (C=O) groups excluding carboxylic acids is 1. The Morgan fingerprint density at radius 2 is 1.47 bits per heavy atom. The molecule has 180 valence electrons. The Balaban J connectivity index is 2.39. The van der Waals surface area contributed by atoms with E-state index in [9.17, 15) is 19.5 Å². The molecule has 0 fully saturated rings. The van der Waals surface area contributed by atoms with E-state index in [1.807, 2.05) is 0 Å². The highest BCUT2D eigenvalue weighted by molar-refractivity contribution is 6.84. The molecule has 0 saturated carbocycles. The smallest absolute Gasteiger partial charge is 0.339 e. The van der Waals surface area contributed by atoms with E-state index in [2.05, 4.69) is 33.1 Å². The molecule has 0 bridgehead atoms. The van der Waals surface area contributed by atoms with Gasteiger partial charge in [-0.15, -0.1) is 0 Å². The maximum absolute atomic E-state index is 12.2. The van der Waals surface area contributed by atoms with E-state index in [0.717, 1.165) is 24.6 Å². The lowest BCUT2D eigenvalue weighted by atomic mass is 10.0. The van der Waals surface area contributed by atoms with Crippen LogP contribution in [0.25, 0.3) is 0 Å². The van der Waals surface area contributed by atoms with Crippen LogP contribution in [0.15, 0.2) is 18.2 Å². The summed E-state index contributed by atoms with van der Waals surface area (Å²) >= 11 is 0. The Morgan fingerprint density at radius 3 is 2.03 bits per heavy atom. The fourth-order valence-electron chi connectivity index (χ4n) is 3.46. The SMILES string of the molecule is CCCC[Si](C)(C)O[Si](C)(C)CCCOCCOC(=O)c1ccc(C(=O)O)cc1C(=O)O. The van der Waals surface area contributed by atoms with Crippen LogP contribution in [0.1, 0.15) is 57.3 Å². The molecule has 2 N–H and O–H groups in total. The number of rotatable bonds is 15. The molecular weight excluding hydrogens is 448 g/mol. The van der Waals surface area contributed by atoms with Crippen LogP contribution in [-0.2, 0) is 13.6 Å². The number of esters is 1. The number of aromatic carboxylic acids is 2. The summed E-state index contributed by atoms with van der Waals surface area (Å²) < 4.78 is 17.2. The van der Waals surface area contributed by atoms with Crippen molar-refractivity contribution in [2.24, 2.45) is 0 Å². The molecule has 0 amide bonds. The van der Waals surface area contributed by atoms with Gasteiger partial charge in [0.25, 0.3) is 0 Å². The fourth-order valence-corrected chi connectivity index (χ4v) is 12.5. The van der Waals surface area contributed by atoms with Crippen LogP contribution in [0.2, 0.25) is 38.3 Å². The lowest BCUT2D eigenvalue weighted by Gasteiger charge is -2.34. The Kier molecular flexibility index (Phi) is 11.3. The Morgan fingerprint density at radius 1 is 0.844 bits per heavy atom. The third-order valence-electron chi connectivity index (χ3n) is 4.93. The second kappa shape index (κ2) is 12.9. The molecule has 32 heavy (non-hydrogen) atoms. The Hall–Kier alpha value is -2.02. The summed E-state index contributed by atoms with van der Waals surface area (Å²) in [6, 6.07) is 5.44. The van der Waals surface area contributed by atoms with Gasteiger partial charge in [-0.2, -0.15) is 0 Å². The summed E-state index contributed by atoms with van der Waals surface area (Å²) in [4.78, 5) is 34.5. The maximum Gasteiger partial charge on any atom is 0.339 e. The average molecular weight is 485 g/mol. The molecule has 0 radical (unpaired) electrons. The maximum atomic E-state index is 12.2. The Bertz CT molecular complexity index is 792. The van der Waals surface area contributed by atoms with Gasteiger partial charge in [-0.25, -0.2) is 14.4 Å². The lowest BCUT2D eigenvalue weighted by Crippen LogP contribution is -2.44. The van der Waals surface area contributed by atoms with E-state index in [1.165, 1.54) is 25.0 Å². The third kappa shape index (κ3) is 10.1. The summed E-state index contributed by atoms with van der Waals surface area (Å²) in [5.74, 6) is -3.50. The van der Waals surface area contributed by atoms with Crippen molar-refractivity contribution in [1.29, 1.82) is 0 Å². The third-order valence-corrected chi connectivity index (χ3v) is 12.5. The highest BCUT2D eigenvalue weighted by Gasteiger charge is 2.32. The highest BCUT2D eigenvalue weighted by atomic mass is 28.4. The van der Waals surface area contributed by atoms with Crippen LogP contribution >= 0.6 is 0 Å². The number of hydrogen-bond acceptors (Lipinski definition) is 6. The first kappa shape index (κ1) is 28.0. The predicted molar refractivity (Wildman–Crippen MR) is 127 cm³/mol. The van der Waals surface area contributed by atoms with Gasteiger partial charge in [-0.3, -0.25) is 0 Å². The molecule has 1 aromatic carbocycles. The standard InChI is InChI=1S/C22H36O8Si2/c1-6-7-14-31(2,3)30-32(4,5)15-8-11-28-12-13-29-22(27)18-10-9-17(20(23)24)16-19(18)21(25)26/h9-10,16H,6-8,11-15H2,1-5H3,(H,23,24)(H,25,26). The van der Waals surface area contributed by atoms with Crippen LogP contribution in [0.5, 0.6) is 0 Å². The molecule has 1 rings (SSSR count). The van der Waals surface area contributed by atoms with Crippen molar-refractivity contribution in [3.05, 3.63) is 34.9 Å². The molecular formula is C22H36O8Si2.